The van der Waals surface area contributed by atoms with Gasteiger partial charge in [-0.2, -0.15) is 0 Å². The fourth-order valence-electron chi connectivity index (χ4n) is 1.73. The van der Waals surface area contributed by atoms with E-state index in [0.29, 0.717) is 24.6 Å². The van der Waals surface area contributed by atoms with Crippen molar-refractivity contribution in [2.45, 2.75) is 13.5 Å². The molecule has 0 saturated heterocycles. The Balaban J connectivity index is 2.72. The Bertz CT molecular complexity index is 409. The van der Waals surface area contributed by atoms with Gasteiger partial charge in [-0.05, 0) is 18.6 Å². The SMILES string of the molecule is COCCN(CCO)Cc1cc(C(=O)NN)sc1C. The maximum Gasteiger partial charge on any atom is 0.275 e. The summed E-state index contributed by atoms with van der Waals surface area (Å²) in [5, 5.41) is 9.05. The van der Waals surface area contributed by atoms with Crippen LogP contribution in [0.25, 0.3) is 0 Å². The van der Waals surface area contributed by atoms with Crippen LogP contribution in [0.2, 0.25) is 0 Å². The molecule has 4 N–H and O–H groups in total. The van der Waals surface area contributed by atoms with Crippen LogP contribution in [0.4, 0.5) is 0 Å². The van der Waals surface area contributed by atoms with Gasteiger partial charge in [-0.15, -0.1) is 11.3 Å². The molecule has 1 rings (SSSR count). The van der Waals surface area contributed by atoms with E-state index in [9.17, 15) is 4.79 Å². The van der Waals surface area contributed by atoms with Gasteiger partial charge in [-0.1, -0.05) is 0 Å². The van der Waals surface area contributed by atoms with E-state index < -0.39 is 0 Å². The summed E-state index contributed by atoms with van der Waals surface area (Å²) >= 11 is 1.42. The average Bonchev–Trinajstić information content (AvgIpc) is 2.77. The molecule has 6 nitrogen and oxygen atoms in total. The van der Waals surface area contributed by atoms with Crippen molar-refractivity contribution in [1.82, 2.24) is 10.3 Å². The van der Waals surface area contributed by atoms with Gasteiger partial charge in [0.25, 0.3) is 5.91 Å². The second kappa shape index (κ2) is 8.23. The van der Waals surface area contributed by atoms with Crippen LogP contribution in [0.15, 0.2) is 6.07 Å². The van der Waals surface area contributed by atoms with Gasteiger partial charge in [0.15, 0.2) is 0 Å². The lowest BCUT2D eigenvalue weighted by Gasteiger charge is -2.20. The molecule has 1 amide bonds. The molecule has 0 aliphatic rings. The molecule has 0 radical (unpaired) electrons. The van der Waals surface area contributed by atoms with Crippen molar-refractivity contribution in [3.05, 3.63) is 21.4 Å². The third-order valence-corrected chi connectivity index (χ3v) is 3.89. The highest BCUT2D eigenvalue weighted by Crippen LogP contribution is 2.22. The Kier molecular flexibility index (Phi) is 6.96. The predicted octanol–water partition coefficient (Wildman–Crippen LogP) is 0.101. The normalized spacial score (nSPS) is 11.0. The van der Waals surface area contributed by atoms with Crippen molar-refractivity contribution < 1.29 is 14.6 Å². The third-order valence-electron chi connectivity index (χ3n) is 2.80. The van der Waals surface area contributed by atoms with Gasteiger partial charge in [0.05, 0.1) is 18.1 Å². The molecule has 0 spiro atoms. The molecule has 0 aliphatic carbocycles. The molecular formula is C12H21N3O3S. The van der Waals surface area contributed by atoms with Gasteiger partial charge in [0.2, 0.25) is 0 Å². The second-order valence-electron chi connectivity index (χ2n) is 4.16. The minimum atomic E-state index is -0.273. The Morgan fingerprint density at radius 3 is 2.89 bits per heavy atom. The van der Waals surface area contributed by atoms with Crippen molar-refractivity contribution in [2.75, 3.05) is 33.4 Å². The van der Waals surface area contributed by atoms with Crippen LogP contribution in [0.3, 0.4) is 0 Å². The molecule has 0 fully saturated rings. The lowest BCUT2D eigenvalue weighted by Crippen LogP contribution is -2.30. The highest BCUT2D eigenvalue weighted by molar-refractivity contribution is 7.14. The minimum absolute atomic E-state index is 0.100. The van der Waals surface area contributed by atoms with Gasteiger partial charge in [0, 0.05) is 31.6 Å². The summed E-state index contributed by atoms with van der Waals surface area (Å²) in [5.74, 6) is 4.85. The number of rotatable bonds is 8. The molecule has 1 aromatic heterocycles. The molecular weight excluding hydrogens is 266 g/mol. The van der Waals surface area contributed by atoms with E-state index in [4.69, 9.17) is 15.7 Å². The summed E-state index contributed by atoms with van der Waals surface area (Å²) in [7, 11) is 1.65. The number of hydrazine groups is 1. The molecule has 1 aromatic rings. The van der Waals surface area contributed by atoms with E-state index >= 15 is 0 Å². The summed E-state index contributed by atoms with van der Waals surface area (Å²) in [4.78, 5) is 15.2. The van der Waals surface area contributed by atoms with Crippen LogP contribution in [-0.4, -0.2) is 49.3 Å². The number of aliphatic hydroxyl groups excluding tert-OH is 1. The zero-order valence-electron chi connectivity index (χ0n) is 11.3. The number of aryl methyl sites for hydroxylation is 1. The highest BCUT2D eigenvalue weighted by Gasteiger charge is 2.14. The zero-order valence-corrected chi connectivity index (χ0v) is 12.1. The van der Waals surface area contributed by atoms with Gasteiger partial charge in [-0.25, -0.2) is 5.84 Å². The van der Waals surface area contributed by atoms with Crippen molar-refractivity contribution >= 4 is 17.2 Å². The lowest BCUT2D eigenvalue weighted by molar-refractivity contribution is 0.0957. The Morgan fingerprint density at radius 2 is 2.32 bits per heavy atom. The van der Waals surface area contributed by atoms with Gasteiger partial charge < -0.3 is 9.84 Å². The summed E-state index contributed by atoms with van der Waals surface area (Å²) in [5.41, 5.74) is 3.21. The van der Waals surface area contributed by atoms with Crippen LogP contribution in [0.5, 0.6) is 0 Å². The number of carbonyl (C=O) groups excluding carboxylic acids is 1. The van der Waals surface area contributed by atoms with Crippen LogP contribution in [0.1, 0.15) is 20.1 Å². The Morgan fingerprint density at radius 1 is 1.58 bits per heavy atom. The molecule has 7 heteroatoms. The first kappa shape index (κ1) is 16.1. The van der Waals surface area contributed by atoms with Crippen molar-refractivity contribution in [2.24, 2.45) is 5.84 Å². The summed E-state index contributed by atoms with van der Waals surface area (Å²) in [6, 6.07) is 1.85. The van der Waals surface area contributed by atoms with Crippen LogP contribution < -0.4 is 11.3 Å². The Hall–Kier alpha value is -0.990. The number of hydrogen-bond acceptors (Lipinski definition) is 6. The smallest absolute Gasteiger partial charge is 0.275 e. The number of hydrogen-bond donors (Lipinski definition) is 3. The van der Waals surface area contributed by atoms with Gasteiger partial charge in [-0.3, -0.25) is 15.1 Å². The van der Waals surface area contributed by atoms with Gasteiger partial charge >= 0.3 is 0 Å². The predicted molar refractivity (Wildman–Crippen MR) is 74.9 cm³/mol. The third kappa shape index (κ3) is 4.88. The van der Waals surface area contributed by atoms with E-state index in [0.717, 1.165) is 17.0 Å². The quantitative estimate of drug-likeness (QED) is 0.358. The summed E-state index contributed by atoms with van der Waals surface area (Å²) in [6.45, 7) is 4.69. The fraction of sp³-hybridized carbons (Fsp3) is 0.583. The van der Waals surface area contributed by atoms with Crippen molar-refractivity contribution in [3.63, 3.8) is 0 Å². The Labute approximate surface area is 117 Å². The maximum atomic E-state index is 11.5. The number of nitrogens with two attached hydrogens (primary N) is 1. The van der Waals surface area contributed by atoms with Crippen LogP contribution >= 0.6 is 11.3 Å². The van der Waals surface area contributed by atoms with Crippen LogP contribution in [-0.2, 0) is 11.3 Å². The van der Waals surface area contributed by atoms with E-state index in [-0.39, 0.29) is 12.5 Å². The first-order chi connectivity index (χ1) is 9.12. The number of methoxy groups -OCH3 is 1. The summed E-state index contributed by atoms with van der Waals surface area (Å²) < 4.78 is 5.05. The van der Waals surface area contributed by atoms with E-state index in [1.807, 2.05) is 13.0 Å². The zero-order chi connectivity index (χ0) is 14.3. The number of aliphatic hydroxyl groups is 1. The minimum Gasteiger partial charge on any atom is -0.395 e. The monoisotopic (exact) mass is 287 g/mol. The topological polar surface area (TPSA) is 87.8 Å². The lowest BCUT2D eigenvalue weighted by atomic mass is 10.2. The molecule has 0 atom stereocenters. The molecule has 0 bridgehead atoms. The summed E-state index contributed by atoms with van der Waals surface area (Å²) in [6.07, 6.45) is 0. The number of ether oxygens (including phenoxy) is 1. The number of nitrogen functional groups attached to an aromatic ring is 1. The van der Waals surface area contributed by atoms with E-state index in [1.54, 1.807) is 7.11 Å². The number of carbonyl (C=O) groups is 1. The standard InChI is InChI=1S/C12H21N3O3S/c1-9-10(7-11(19-9)12(17)14-13)8-15(3-5-16)4-6-18-2/h7,16H,3-6,8,13H2,1-2H3,(H,14,17). The molecule has 0 saturated carbocycles. The number of amides is 1. The first-order valence-electron chi connectivity index (χ1n) is 6.04. The number of nitrogens with one attached hydrogen (secondary N) is 1. The molecule has 0 unspecified atom stereocenters. The highest BCUT2D eigenvalue weighted by atomic mass is 32.1. The molecule has 19 heavy (non-hydrogen) atoms. The molecule has 0 aliphatic heterocycles. The first-order valence-corrected chi connectivity index (χ1v) is 6.86. The van der Waals surface area contributed by atoms with E-state index in [2.05, 4.69) is 10.3 Å². The second-order valence-corrected chi connectivity index (χ2v) is 5.41. The average molecular weight is 287 g/mol. The number of thiophene rings is 1. The molecule has 0 aromatic carbocycles. The molecule has 1 heterocycles. The molecule has 108 valence electrons. The number of nitrogens with zero attached hydrogens (tertiary/aromatic N) is 1. The van der Waals surface area contributed by atoms with Crippen molar-refractivity contribution in [3.8, 4) is 0 Å². The fourth-order valence-corrected chi connectivity index (χ4v) is 2.67. The van der Waals surface area contributed by atoms with Gasteiger partial charge in [0.1, 0.15) is 0 Å². The largest absolute Gasteiger partial charge is 0.395 e. The van der Waals surface area contributed by atoms with Crippen molar-refractivity contribution in [1.29, 1.82) is 0 Å². The van der Waals surface area contributed by atoms with Crippen LogP contribution in [0, 0.1) is 6.92 Å². The van der Waals surface area contributed by atoms with E-state index in [1.165, 1.54) is 11.3 Å². The maximum absolute atomic E-state index is 11.5.